The molecule has 0 bridgehead atoms. The van der Waals surface area contributed by atoms with Crippen molar-refractivity contribution in [3.05, 3.63) is 23.8 Å². The standard InChI is InChI=1S/C8H7AsN2S/c1-2-5-3-12-7-6(5)10-4-11-8(7)9/h2-4H,1,9H2. The maximum absolute atomic E-state index is 4.21. The summed E-state index contributed by atoms with van der Waals surface area (Å²) in [7, 11) is 0. The van der Waals surface area contributed by atoms with E-state index >= 15 is 0 Å². The Kier molecular flexibility index (Phi) is 1.99. The topological polar surface area (TPSA) is 25.8 Å². The van der Waals surface area contributed by atoms with Crippen LogP contribution in [-0.2, 0) is 0 Å². The number of aromatic nitrogens is 2. The molecule has 12 heavy (non-hydrogen) atoms. The second-order valence-electron chi connectivity index (χ2n) is 2.33. The van der Waals surface area contributed by atoms with Gasteiger partial charge in [-0.2, -0.15) is 0 Å². The van der Waals surface area contributed by atoms with Crippen LogP contribution < -0.4 is 4.48 Å². The van der Waals surface area contributed by atoms with Gasteiger partial charge in [-0.3, -0.25) is 0 Å². The van der Waals surface area contributed by atoms with Crippen molar-refractivity contribution < 1.29 is 0 Å². The second kappa shape index (κ2) is 3.00. The molecule has 4 heteroatoms. The fourth-order valence-corrected chi connectivity index (χ4v) is 2.80. The Hall–Kier alpha value is -0.662. The number of fused-ring (bicyclic) bond motifs is 1. The molecular formula is C8H7AsN2S. The number of hydrogen-bond acceptors (Lipinski definition) is 3. The zero-order valence-electron chi connectivity index (χ0n) is 6.32. The van der Waals surface area contributed by atoms with Gasteiger partial charge in [0.25, 0.3) is 0 Å². The van der Waals surface area contributed by atoms with E-state index in [1.807, 2.05) is 6.08 Å². The van der Waals surface area contributed by atoms with Crippen molar-refractivity contribution in [2.24, 2.45) is 0 Å². The molecular weight excluding hydrogens is 231 g/mol. The van der Waals surface area contributed by atoms with Gasteiger partial charge in [-0.15, -0.1) is 0 Å². The average molecular weight is 238 g/mol. The minimum atomic E-state index is 1.03. The fraction of sp³-hybridized carbons (Fsp3) is 0. The molecule has 0 N–H and O–H groups in total. The van der Waals surface area contributed by atoms with E-state index in [0.29, 0.717) is 0 Å². The molecule has 0 saturated heterocycles. The Morgan fingerprint density at radius 1 is 1.50 bits per heavy atom. The van der Waals surface area contributed by atoms with Gasteiger partial charge >= 0.3 is 82.8 Å². The first kappa shape index (κ1) is 7.96. The van der Waals surface area contributed by atoms with Crippen molar-refractivity contribution >= 4 is 49.0 Å². The van der Waals surface area contributed by atoms with Crippen molar-refractivity contribution in [2.75, 3.05) is 0 Å². The summed E-state index contributed by atoms with van der Waals surface area (Å²) < 4.78 is 2.29. The average Bonchev–Trinajstić information content (AvgIpc) is 2.49. The predicted molar refractivity (Wildman–Crippen MR) is 55.7 cm³/mol. The second-order valence-corrected chi connectivity index (χ2v) is 4.36. The van der Waals surface area contributed by atoms with Crippen LogP contribution in [0.15, 0.2) is 18.3 Å². The first-order valence-corrected chi connectivity index (χ1v) is 5.52. The number of thiophene rings is 1. The van der Waals surface area contributed by atoms with E-state index in [9.17, 15) is 0 Å². The summed E-state index contributed by atoms with van der Waals surface area (Å²) >= 11 is 3.22. The zero-order chi connectivity index (χ0) is 8.55. The fourth-order valence-electron chi connectivity index (χ4n) is 1.03. The van der Waals surface area contributed by atoms with E-state index in [4.69, 9.17) is 0 Å². The summed E-state index contributed by atoms with van der Waals surface area (Å²) in [6.07, 6.45) is 3.44. The van der Waals surface area contributed by atoms with E-state index in [-0.39, 0.29) is 0 Å². The number of nitrogens with zero attached hydrogens (tertiary/aromatic N) is 2. The van der Waals surface area contributed by atoms with Gasteiger partial charge in [0.05, 0.1) is 0 Å². The van der Waals surface area contributed by atoms with Gasteiger partial charge in [0.2, 0.25) is 0 Å². The van der Waals surface area contributed by atoms with Crippen LogP contribution in [0.25, 0.3) is 16.3 Å². The van der Waals surface area contributed by atoms with E-state index in [1.54, 1.807) is 17.7 Å². The number of rotatable bonds is 1. The van der Waals surface area contributed by atoms with Crippen LogP contribution in [0.4, 0.5) is 0 Å². The third-order valence-electron chi connectivity index (χ3n) is 1.63. The summed E-state index contributed by atoms with van der Waals surface area (Å²) in [5.41, 5.74) is 2.14. The SMILES string of the molecule is C=Cc1csc2c([AsH2])ncnc12. The van der Waals surface area contributed by atoms with Gasteiger partial charge in [0.1, 0.15) is 0 Å². The molecule has 0 amide bonds. The molecule has 0 radical (unpaired) electrons. The molecule has 0 spiro atoms. The van der Waals surface area contributed by atoms with Crippen LogP contribution in [0.1, 0.15) is 5.56 Å². The number of hydrogen-bond donors (Lipinski definition) is 0. The summed E-state index contributed by atoms with van der Waals surface area (Å²) in [6.45, 7) is 3.73. The summed E-state index contributed by atoms with van der Waals surface area (Å²) in [4.78, 5) is 8.36. The van der Waals surface area contributed by atoms with Crippen molar-refractivity contribution in [2.45, 2.75) is 0 Å². The van der Waals surface area contributed by atoms with E-state index < -0.39 is 0 Å². The van der Waals surface area contributed by atoms with E-state index in [0.717, 1.165) is 15.6 Å². The molecule has 0 saturated carbocycles. The molecule has 1 atom stereocenters. The molecule has 1 unspecified atom stereocenters. The van der Waals surface area contributed by atoms with E-state index in [2.05, 4.69) is 21.9 Å². The van der Waals surface area contributed by atoms with Crippen molar-refractivity contribution in [1.82, 2.24) is 9.97 Å². The van der Waals surface area contributed by atoms with Gasteiger partial charge in [0, 0.05) is 0 Å². The van der Waals surface area contributed by atoms with Crippen molar-refractivity contribution in [3.8, 4) is 0 Å². The molecule has 0 aliphatic heterocycles. The molecule has 2 nitrogen and oxygen atoms in total. The minimum absolute atomic E-state index is 1.03. The normalized spacial score (nSPS) is 10.4. The molecule has 2 aromatic heterocycles. The summed E-state index contributed by atoms with van der Waals surface area (Å²) in [5, 5.41) is 2.06. The van der Waals surface area contributed by atoms with Gasteiger partial charge in [-0.1, -0.05) is 0 Å². The van der Waals surface area contributed by atoms with E-state index in [1.165, 1.54) is 21.6 Å². The van der Waals surface area contributed by atoms with Crippen LogP contribution in [0.2, 0.25) is 0 Å². The van der Waals surface area contributed by atoms with Gasteiger partial charge in [-0.05, 0) is 0 Å². The van der Waals surface area contributed by atoms with Gasteiger partial charge in [-0.25, -0.2) is 0 Å². The Morgan fingerprint density at radius 2 is 2.33 bits per heavy atom. The van der Waals surface area contributed by atoms with Crippen molar-refractivity contribution in [1.29, 1.82) is 0 Å². The molecule has 2 aromatic rings. The Balaban J connectivity index is 2.88. The molecule has 2 heterocycles. The molecule has 2 rings (SSSR count). The van der Waals surface area contributed by atoms with Crippen LogP contribution >= 0.6 is 11.3 Å². The predicted octanol–water partition coefficient (Wildman–Crippen LogP) is 0.593. The van der Waals surface area contributed by atoms with Crippen molar-refractivity contribution in [3.63, 3.8) is 0 Å². The summed E-state index contributed by atoms with van der Waals surface area (Å²) in [5.74, 6) is 0. The van der Waals surface area contributed by atoms with Crippen LogP contribution in [0.3, 0.4) is 0 Å². The third kappa shape index (κ3) is 1.10. The molecule has 0 aromatic carbocycles. The molecule has 0 aliphatic rings. The Morgan fingerprint density at radius 3 is 3.08 bits per heavy atom. The Bertz CT molecular complexity index is 436. The van der Waals surface area contributed by atoms with Gasteiger partial charge in [0.15, 0.2) is 0 Å². The quantitative estimate of drug-likeness (QED) is 0.680. The summed E-state index contributed by atoms with van der Waals surface area (Å²) in [6, 6.07) is 0. The zero-order valence-corrected chi connectivity index (χ0v) is 9.56. The maximum atomic E-state index is 4.21. The monoisotopic (exact) mass is 238 g/mol. The first-order valence-electron chi connectivity index (χ1n) is 3.43. The van der Waals surface area contributed by atoms with Crippen LogP contribution in [0, 0.1) is 0 Å². The van der Waals surface area contributed by atoms with Gasteiger partial charge < -0.3 is 0 Å². The molecule has 0 aliphatic carbocycles. The first-order chi connectivity index (χ1) is 5.83. The Labute approximate surface area is 82.9 Å². The van der Waals surface area contributed by atoms with Crippen LogP contribution in [-0.4, -0.2) is 26.8 Å². The van der Waals surface area contributed by atoms with Crippen LogP contribution in [0.5, 0.6) is 0 Å². The molecule has 60 valence electrons. The molecule has 0 fully saturated rings. The third-order valence-corrected chi connectivity index (χ3v) is 4.00.